The molecule has 4 atom stereocenters. The van der Waals surface area contributed by atoms with Crippen molar-refractivity contribution in [3.63, 3.8) is 0 Å². The number of ether oxygens (including phenoxy) is 3. The minimum Gasteiger partial charge on any atom is -0.385 e. The minimum atomic E-state index is -1.34. The second kappa shape index (κ2) is 12.1. The van der Waals surface area contributed by atoms with Crippen LogP contribution >= 0.6 is 0 Å². The van der Waals surface area contributed by atoms with Gasteiger partial charge in [-0.15, -0.1) is 0 Å². The van der Waals surface area contributed by atoms with Crippen molar-refractivity contribution >= 4 is 5.91 Å². The summed E-state index contributed by atoms with van der Waals surface area (Å²) in [7, 11) is 0. The van der Waals surface area contributed by atoms with Crippen molar-refractivity contribution in [2.45, 2.75) is 50.4 Å². The van der Waals surface area contributed by atoms with Crippen molar-refractivity contribution in [3.05, 3.63) is 108 Å². The van der Waals surface area contributed by atoms with E-state index in [1.54, 1.807) is 0 Å². The Bertz CT molecular complexity index is 1050. The van der Waals surface area contributed by atoms with E-state index in [0.29, 0.717) is 19.6 Å². The number of rotatable bonds is 10. The summed E-state index contributed by atoms with van der Waals surface area (Å²) in [6.07, 6.45) is -0.755. The van der Waals surface area contributed by atoms with Gasteiger partial charge in [-0.3, -0.25) is 4.79 Å². The summed E-state index contributed by atoms with van der Waals surface area (Å²) in [6.45, 7) is 2.53. The molecule has 1 heterocycles. The van der Waals surface area contributed by atoms with Gasteiger partial charge in [-0.1, -0.05) is 91.0 Å². The fraction of sp³-hybridized carbons (Fsp3) is 0.345. The number of benzene rings is 3. The van der Waals surface area contributed by atoms with Crippen LogP contribution in [0.3, 0.4) is 0 Å². The van der Waals surface area contributed by atoms with Crippen LogP contribution in [-0.4, -0.2) is 48.1 Å². The molecule has 4 rings (SSSR count). The first kappa shape index (κ1) is 25.1. The van der Waals surface area contributed by atoms with Gasteiger partial charge in [0, 0.05) is 13.3 Å². The van der Waals surface area contributed by atoms with E-state index in [0.717, 1.165) is 16.7 Å². The van der Waals surface area contributed by atoms with E-state index in [9.17, 15) is 9.90 Å². The number of aliphatic hydroxyl groups is 1. The Kier molecular flexibility index (Phi) is 8.66. The molecule has 1 aliphatic heterocycles. The Labute approximate surface area is 206 Å². The smallest absolute Gasteiger partial charge is 0.217 e. The van der Waals surface area contributed by atoms with Crippen LogP contribution in [0.25, 0.3) is 0 Å². The normalized spacial score (nSPS) is 24.1. The van der Waals surface area contributed by atoms with Gasteiger partial charge >= 0.3 is 0 Å². The van der Waals surface area contributed by atoms with E-state index in [-0.39, 0.29) is 19.1 Å². The molecule has 6 nitrogen and oxygen atoms in total. The van der Waals surface area contributed by atoms with E-state index in [4.69, 9.17) is 14.2 Å². The van der Waals surface area contributed by atoms with Crippen LogP contribution in [0.4, 0.5) is 0 Å². The van der Waals surface area contributed by atoms with E-state index < -0.39 is 23.9 Å². The lowest BCUT2D eigenvalue weighted by Crippen LogP contribution is -2.69. The van der Waals surface area contributed by atoms with Crippen LogP contribution in [-0.2, 0) is 38.6 Å². The predicted molar refractivity (Wildman–Crippen MR) is 134 cm³/mol. The zero-order chi connectivity index (χ0) is 24.5. The number of carbonyl (C=O) groups is 1. The molecule has 2 N–H and O–H groups in total. The van der Waals surface area contributed by atoms with Crippen molar-refractivity contribution in [1.82, 2.24) is 5.32 Å². The molecule has 0 spiro atoms. The Morgan fingerprint density at radius 2 is 1.46 bits per heavy atom. The Balaban J connectivity index is 1.54. The molecule has 1 aliphatic rings. The van der Waals surface area contributed by atoms with E-state index >= 15 is 0 Å². The van der Waals surface area contributed by atoms with E-state index in [2.05, 4.69) is 5.32 Å². The van der Waals surface area contributed by atoms with Gasteiger partial charge in [-0.25, -0.2) is 0 Å². The van der Waals surface area contributed by atoms with Gasteiger partial charge in [-0.2, -0.15) is 0 Å². The molecule has 1 fully saturated rings. The van der Waals surface area contributed by atoms with Gasteiger partial charge in [0.2, 0.25) is 5.91 Å². The number of hydrogen-bond donors (Lipinski definition) is 2. The lowest BCUT2D eigenvalue weighted by molar-refractivity contribution is -0.219. The van der Waals surface area contributed by atoms with Crippen LogP contribution in [0.5, 0.6) is 0 Å². The zero-order valence-corrected chi connectivity index (χ0v) is 20.0. The van der Waals surface area contributed by atoms with Crippen LogP contribution in [0, 0.1) is 0 Å². The zero-order valence-electron chi connectivity index (χ0n) is 20.0. The highest BCUT2D eigenvalue weighted by Crippen LogP contribution is 2.31. The van der Waals surface area contributed by atoms with E-state index in [1.807, 2.05) is 91.0 Å². The van der Waals surface area contributed by atoms with Crippen molar-refractivity contribution in [3.8, 4) is 0 Å². The van der Waals surface area contributed by atoms with Crippen LogP contribution in [0.15, 0.2) is 91.0 Å². The molecule has 0 aromatic heterocycles. The quantitative estimate of drug-likeness (QED) is 0.468. The third-order valence-corrected chi connectivity index (χ3v) is 6.21. The average Bonchev–Trinajstić information content (AvgIpc) is 2.87. The molecule has 3 aromatic rings. The van der Waals surface area contributed by atoms with Crippen LogP contribution in [0.1, 0.15) is 23.6 Å². The van der Waals surface area contributed by atoms with Crippen molar-refractivity contribution < 1.29 is 24.1 Å². The summed E-state index contributed by atoms with van der Waals surface area (Å²) in [6, 6.07) is 28.8. The Hall–Kier alpha value is -3.03. The highest BCUT2D eigenvalue weighted by Gasteiger charge is 2.50. The second-order valence-corrected chi connectivity index (χ2v) is 9.06. The summed E-state index contributed by atoms with van der Waals surface area (Å²) in [5.74, 6) is -0.236. The number of carbonyl (C=O) groups excluding carboxylic acids is 1. The van der Waals surface area contributed by atoms with Crippen molar-refractivity contribution in [2.24, 2.45) is 0 Å². The number of amides is 1. The topological polar surface area (TPSA) is 77.0 Å². The first-order valence-corrected chi connectivity index (χ1v) is 12.0. The summed E-state index contributed by atoms with van der Waals surface area (Å²) < 4.78 is 18.5. The van der Waals surface area contributed by atoms with Gasteiger partial charge < -0.3 is 24.6 Å². The first-order valence-electron chi connectivity index (χ1n) is 12.0. The van der Waals surface area contributed by atoms with Crippen molar-refractivity contribution in [1.29, 1.82) is 0 Å². The average molecular weight is 476 g/mol. The molecule has 0 radical (unpaired) electrons. The SMILES string of the molecule is CC(=O)N[C@H]1[C@H](OCc2ccccc2)[C@@H](COCc2ccccc2)OC[C@@]1(O)Cc1ccccc1. The lowest BCUT2D eigenvalue weighted by atomic mass is 9.81. The summed E-state index contributed by atoms with van der Waals surface area (Å²) in [4.78, 5) is 12.2. The fourth-order valence-corrected chi connectivity index (χ4v) is 4.48. The van der Waals surface area contributed by atoms with Gasteiger partial charge in [0.15, 0.2) is 0 Å². The maximum absolute atomic E-state index is 12.2. The Morgan fingerprint density at radius 3 is 2.03 bits per heavy atom. The molecule has 35 heavy (non-hydrogen) atoms. The molecule has 0 bridgehead atoms. The third kappa shape index (κ3) is 6.99. The van der Waals surface area contributed by atoms with E-state index in [1.165, 1.54) is 6.92 Å². The van der Waals surface area contributed by atoms with Gasteiger partial charge in [0.25, 0.3) is 0 Å². The van der Waals surface area contributed by atoms with Gasteiger partial charge in [-0.05, 0) is 16.7 Å². The summed E-state index contributed by atoms with van der Waals surface area (Å²) in [5.41, 5.74) is 1.67. The maximum atomic E-state index is 12.2. The lowest BCUT2D eigenvalue weighted by Gasteiger charge is -2.48. The van der Waals surface area contributed by atoms with Crippen molar-refractivity contribution in [2.75, 3.05) is 13.2 Å². The molecular formula is C29H33NO5. The van der Waals surface area contributed by atoms with Crippen LogP contribution < -0.4 is 5.32 Å². The predicted octanol–water partition coefficient (Wildman–Crippen LogP) is 3.67. The molecule has 1 amide bonds. The first-order chi connectivity index (χ1) is 17.0. The number of hydrogen-bond acceptors (Lipinski definition) is 5. The molecule has 0 saturated carbocycles. The minimum absolute atomic E-state index is 0.0530. The molecule has 184 valence electrons. The monoisotopic (exact) mass is 475 g/mol. The fourth-order valence-electron chi connectivity index (χ4n) is 4.48. The standard InChI is InChI=1S/C29H33NO5/c1-22(31)30-28-27(34-19-25-15-9-4-10-16-25)26(20-33-18-24-13-7-3-8-14-24)35-21-29(28,32)17-23-11-5-2-6-12-23/h2-16,26-28,32H,17-21H2,1H3,(H,30,31)/t26-,27-,28+,29+/m1/s1. The largest absolute Gasteiger partial charge is 0.385 e. The molecule has 0 aliphatic carbocycles. The number of nitrogens with one attached hydrogen (secondary N) is 1. The molecule has 3 aromatic carbocycles. The van der Waals surface area contributed by atoms with Gasteiger partial charge in [0.05, 0.1) is 32.5 Å². The second-order valence-electron chi connectivity index (χ2n) is 9.06. The highest BCUT2D eigenvalue weighted by atomic mass is 16.6. The molecular weight excluding hydrogens is 442 g/mol. The van der Waals surface area contributed by atoms with Gasteiger partial charge in [0.1, 0.15) is 17.8 Å². The summed E-state index contributed by atoms with van der Waals surface area (Å²) >= 11 is 0. The maximum Gasteiger partial charge on any atom is 0.217 e. The third-order valence-electron chi connectivity index (χ3n) is 6.21. The summed E-state index contributed by atoms with van der Waals surface area (Å²) in [5, 5.41) is 14.7. The molecule has 0 unspecified atom stereocenters. The highest BCUT2D eigenvalue weighted by molar-refractivity contribution is 5.73. The molecule has 1 saturated heterocycles. The van der Waals surface area contributed by atoms with Crippen LogP contribution in [0.2, 0.25) is 0 Å². The molecule has 6 heteroatoms. The Morgan fingerprint density at radius 1 is 0.914 bits per heavy atom.